The van der Waals surface area contributed by atoms with Crippen LogP contribution in [0, 0.1) is 5.92 Å². The van der Waals surface area contributed by atoms with E-state index in [1.165, 1.54) is 13.2 Å². The van der Waals surface area contributed by atoms with Crippen molar-refractivity contribution in [3.05, 3.63) is 40.6 Å². The number of fused-ring (bicyclic) bond motifs is 1. The number of carbonyl (C=O) groups is 2. The van der Waals surface area contributed by atoms with Crippen LogP contribution in [0.1, 0.15) is 67.2 Å². The van der Waals surface area contributed by atoms with Gasteiger partial charge in [0.1, 0.15) is 22.7 Å². The van der Waals surface area contributed by atoms with Crippen molar-refractivity contribution < 1.29 is 37.0 Å². The molecule has 38 heavy (non-hydrogen) atoms. The number of hydrogen-bond donors (Lipinski definition) is 0. The number of ketones is 1. The Bertz CT molecular complexity index is 1210. The van der Waals surface area contributed by atoms with Gasteiger partial charge in [0, 0.05) is 31.7 Å². The molecule has 2 aliphatic rings. The summed E-state index contributed by atoms with van der Waals surface area (Å²) in [6.07, 6.45) is -1.73. The topological polar surface area (TPSA) is 90.9 Å². The summed E-state index contributed by atoms with van der Waals surface area (Å²) in [6.45, 7) is 5.89. The van der Waals surface area contributed by atoms with Crippen LogP contribution >= 0.6 is 0 Å². The lowest BCUT2D eigenvalue weighted by Gasteiger charge is -2.33. The Kier molecular flexibility index (Phi) is 7.96. The molecule has 1 atom stereocenters. The van der Waals surface area contributed by atoms with Gasteiger partial charge in [-0.15, -0.1) is 10.2 Å². The van der Waals surface area contributed by atoms with Gasteiger partial charge in [0.15, 0.2) is 12.6 Å². The summed E-state index contributed by atoms with van der Waals surface area (Å²) in [6, 6.07) is 3.21. The van der Waals surface area contributed by atoms with E-state index < -0.39 is 29.4 Å². The summed E-state index contributed by atoms with van der Waals surface area (Å²) in [7, 11) is 1.38. The van der Waals surface area contributed by atoms with E-state index in [9.17, 15) is 22.8 Å². The molecule has 1 aliphatic heterocycles. The Labute approximate surface area is 219 Å². The molecule has 0 N–H and O–H groups in total. The fourth-order valence-corrected chi connectivity index (χ4v) is 4.91. The number of Topliss-reactive ketones (excluding diaryl/α,β-unsaturated/α-hetero) is 1. The zero-order valence-electron chi connectivity index (χ0n) is 22.0. The lowest BCUT2D eigenvalue weighted by atomic mass is 9.89. The predicted octanol–water partition coefficient (Wildman–Crippen LogP) is 5.46. The van der Waals surface area contributed by atoms with Gasteiger partial charge in [-0.1, -0.05) is 0 Å². The zero-order valence-corrected chi connectivity index (χ0v) is 22.0. The highest BCUT2D eigenvalue weighted by Gasteiger charge is 2.36. The summed E-state index contributed by atoms with van der Waals surface area (Å²) in [4.78, 5) is 27.7. The van der Waals surface area contributed by atoms with Crippen molar-refractivity contribution >= 4 is 11.9 Å². The number of piperidine rings is 1. The van der Waals surface area contributed by atoms with Gasteiger partial charge in [-0.3, -0.25) is 4.79 Å². The van der Waals surface area contributed by atoms with E-state index in [1.807, 2.05) is 0 Å². The quantitative estimate of drug-likeness (QED) is 0.358. The van der Waals surface area contributed by atoms with E-state index in [1.54, 1.807) is 25.7 Å². The smallest absolute Gasteiger partial charge is 0.416 e. The molecule has 0 bridgehead atoms. The van der Waals surface area contributed by atoms with E-state index in [2.05, 4.69) is 10.2 Å². The molecule has 0 unspecified atom stereocenters. The van der Waals surface area contributed by atoms with Gasteiger partial charge in [-0.25, -0.2) is 4.79 Å². The number of ether oxygens (including phenoxy) is 3. The van der Waals surface area contributed by atoms with Gasteiger partial charge in [0.25, 0.3) is 0 Å². The van der Waals surface area contributed by atoms with Crippen molar-refractivity contribution in [1.82, 2.24) is 15.1 Å². The van der Waals surface area contributed by atoms with Crippen LogP contribution in [0.5, 0.6) is 5.75 Å². The lowest BCUT2D eigenvalue weighted by molar-refractivity contribution is -0.137. The first-order valence-corrected chi connectivity index (χ1v) is 12.6. The van der Waals surface area contributed by atoms with E-state index in [-0.39, 0.29) is 30.6 Å². The van der Waals surface area contributed by atoms with Crippen molar-refractivity contribution in [2.45, 2.75) is 64.7 Å². The minimum atomic E-state index is -4.54. The summed E-state index contributed by atoms with van der Waals surface area (Å²) in [5.74, 6) is -0.643. The number of halogens is 3. The summed E-state index contributed by atoms with van der Waals surface area (Å²) in [5.41, 5.74) is 1.07. The minimum absolute atomic E-state index is 0.0237. The number of carbonyl (C=O) groups excluding carboxylic acids is 2. The molecule has 11 heteroatoms. The van der Waals surface area contributed by atoms with Gasteiger partial charge in [-0.2, -0.15) is 13.2 Å². The number of hydrogen-bond acceptors (Lipinski definition) is 7. The highest BCUT2D eigenvalue weighted by atomic mass is 19.4. The molecule has 2 heterocycles. The summed E-state index contributed by atoms with van der Waals surface area (Å²) >= 11 is 0. The Morgan fingerprint density at radius 3 is 2.50 bits per heavy atom. The number of aromatic nitrogens is 2. The minimum Gasteiger partial charge on any atom is -0.467 e. The maximum atomic E-state index is 13.6. The first-order chi connectivity index (χ1) is 17.9. The molecular formula is C27H32F3N3O5. The van der Waals surface area contributed by atoms with E-state index in [4.69, 9.17) is 14.2 Å². The van der Waals surface area contributed by atoms with Gasteiger partial charge in [0.2, 0.25) is 0 Å². The molecule has 206 valence electrons. The van der Waals surface area contributed by atoms with Crippen LogP contribution < -0.4 is 4.74 Å². The molecule has 1 fully saturated rings. The second kappa shape index (κ2) is 10.9. The van der Waals surface area contributed by atoms with Gasteiger partial charge >= 0.3 is 12.3 Å². The Morgan fingerprint density at radius 2 is 1.82 bits per heavy atom. The van der Waals surface area contributed by atoms with E-state index in [0.29, 0.717) is 43.5 Å². The Hall–Kier alpha value is -3.21. The molecule has 4 rings (SSSR count). The van der Waals surface area contributed by atoms with Gasteiger partial charge in [0.05, 0.1) is 5.56 Å². The number of rotatable bonds is 6. The van der Waals surface area contributed by atoms with Crippen LogP contribution in [0.15, 0.2) is 18.2 Å². The average Bonchev–Trinajstić information content (AvgIpc) is 3.35. The van der Waals surface area contributed by atoms with Gasteiger partial charge < -0.3 is 19.1 Å². The Morgan fingerprint density at radius 1 is 1.08 bits per heavy atom. The highest BCUT2D eigenvalue weighted by molar-refractivity contribution is 5.98. The SMILES string of the molecule is COCOc1cc(C(F)(F)F)ccc1-c1nnc(C(=O)[C@@H]2CCCN(C(=O)OC(C)(C)C)C2)c2c1CCC2. The lowest BCUT2D eigenvalue weighted by Crippen LogP contribution is -2.44. The molecule has 1 aromatic heterocycles. The normalized spacial score (nSPS) is 17.8. The third-order valence-corrected chi connectivity index (χ3v) is 6.61. The molecule has 0 saturated carbocycles. The van der Waals surface area contributed by atoms with Crippen molar-refractivity contribution in [1.29, 1.82) is 0 Å². The number of benzene rings is 1. The number of alkyl halides is 3. The Balaban J connectivity index is 1.64. The largest absolute Gasteiger partial charge is 0.467 e. The number of amides is 1. The average molecular weight is 536 g/mol. The molecular weight excluding hydrogens is 503 g/mol. The first kappa shape index (κ1) is 27.8. The maximum absolute atomic E-state index is 13.6. The number of methoxy groups -OCH3 is 1. The van der Waals surface area contributed by atoms with Crippen LogP contribution in [-0.2, 0) is 28.5 Å². The molecule has 1 amide bonds. The molecule has 0 radical (unpaired) electrons. The fourth-order valence-electron chi connectivity index (χ4n) is 4.91. The number of likely N-dealkylation sites (tertiary alicyclic amines) is 1. The van der Waals surface area contributed by atoms with Gasteiger partial charge in [-0.05, 0) is 82.2 Å². The van der Waals surface area contributed by atoms with Crippen LogP contribution in [0.2, 0.25) is 0 Å². The van der Waals surface area contributed by atoms with Crippen molar-refractivity contribution in [2.75, 3.05) is 27.0 Å². The first-order valence-electron chi connectivity index (χ1n) is 12.6. The van der Waals surface area contributed by atoms with Crippen molar-refractivity contribution in [3.63, 3.8) is 0 Å². The van der Waals surface area contributed by atoms with E-state index >= 15 is 0 Å². The zero-order chi connectivity index (χ0) is 27.7. The highest BCUT2D eigenvalue weighted by Crippen LogP contribution is 2.40. The van der Waals surface area contributed by atoms with Crippen molar-refractivity contribution in [3.8, 4) is 17.0 Å². The third-order valence-electron chi connectivity index (χ3n) is 6.61. The molecule has 2 aromatic rings. The van der Waals surface area contributed by atoms with Crippen LogP contribution in [-0.4, -0.2) is 59.6 Å². The second-order valence-electron chi connectivity index (χ2n) is 10.6. The predicted molar refractivity (Wildman–Crippen MR) is 132 cm³/mol. The molecule has 8 nitrogen and oxygen atoms in total. The van der Waals surface area contributed by atoms with E-state index in [0.717, 1.165) is 29.7 Å². The summed E-state index contributed by atoms with van der Waals surface area (Å²) < 4.78 is 55.9. The molecule has 1 aromatic carbocycles. The third kappa shape index (κ3) is 6.09. The van der Waals surface area contributed by atoms with Crippen LogP contribution in [0.4, 0.5) is 18.0 Å². The van der Waals surface area contributed by atoms with Crippen LogP contribution in [0.3, 0.4) is 0 Å². The molecule has 1 aliphatic carbocycles. The maximum Gasteiger partial charge on any atom is 0.416 e. The monoisotopic (exact) mass is 535 g/mol. The number of nitrogens with zero attached hydrogens (tertiary/aromatic N) is 3. The molecule has 0 spiro atoms. The van der Waals surface area contributed by atoms with Crippen LogP contribution in [0.25, 0.3) is 11.3 Å². The van der Waals surface area contributed by atoms with Crippen molar-refractivity contribution in [2.24, 2.45) is 5.92 Å². The second-order valence-corrected chi connectivity index (χ2v) is 10.6. The fraction of sp³-hybridized carbons (Fsp3) is 0.556. The molecule has 1 saturated heterocycles. The summed E-state index contributed by atoms with van der Waals surface area (Å²) in [5, 5.41) is 8.60. The standard InChI is InChI=1S/C27H32F3N3O5/c1-26(2,3)38-25(35)33-12-6-7-16(14-33)24(34)23-19-9-5-8-18(19)22(31-32-23)20-11-10-17(27(28,29)30)13-21(20)37-15-36-4/h10-11,13,16H,5-9,12,14-15H2,1-4H3/t16-/m1/s1.